The highest BCUT2D eigenvalue weighted by Crippen LogP contribution is 2.24. The van der Waals surface area contributed by atoms with Crippen LogP contribution >= 0.6 is 0 Å². The molecule has 0 radical (unpaired) electrons. The van der Waals surface area contributed by atoms with Crippen molar-refractivity contribution < 1.29 is 14.6 Å². The van der Waals surface area contributed by atoms with E-state index in [-0.39, 0.29) is 0 Å². The fraction of sp³-hybridized carbons (Fsp3) is 0.0625. The lowest BCUT2D eigenvalue weighted by Gasteiger charge is -2.07. The van der Waals surface area contributed by atoms with Crippen LogP contribution in [0.1, 0.15) is 11.1 Å². The van der Waals surface area contributed by atoms with Crippen LogP contribution in [-0.2, 0) is 4.79 Å². The molecule has 2 aromatic carbocycles. The van der Waals surface area contributed by atoms with E-state index in [1.807, 2.05) is 55.5 Å². The summed E-state index contributed by atoms with van der Waals surface area (Å²) in [6.45, 7) is 1.92. The quantitative estimate of drug-likeness (QED) is 0.842. The van der Waals surface area contributed by atoms with E-state index in [1.165, 1.54) is 0 Å². The molecule has 0 heterocycles. The van der Waals surface area contributed by atoms with E-state index in [9.17, 15) is 4.79 Å². The van der Waals surface area contributed by atoms with Crippen molar-refractivity contribution in [3.8, 4) is 11.5 Å². The Balaban J connectivity index is 2.17. The number of ether oxygens (including phenoxy) is 1. The number of carboxylic acid groups (broad SMARTS) is 1. The molecule has 1 N–H and O–H groups in total. The molecule has 0 spiro atoms. The molecular weight excluding hydrogens is 240 g/mol. The molecule has 0 bridgehead atoms. The van der Waals surface area contributed by atoms with Gasteiger partial charge in [-0.05, 0) is 48.4 Å². The van der Waals surface area contributed by atoms with Crippen LogP contribution in [0.3, 0.4) is 0 Å². The summed E-state index contributed by atoms with van der Waals surface area (Å²) in [5.74, 6) is 0.552. The van der Waals surface area contributed by atoms with E-state index in [0.717, 1.165) is 28.7 Å². The number of carbonyl (C=O) groups is 1. The maximum absolute atomic E-state index is 10.5. The summed E-state index contributed by atoms with van der Waals surface area (Å²) < 4.78 is 5.70. The molecule has 0 aliphatic heterocycles. The van der Waals surface area contributed by atoms with Crippen LogP contribution in [0, 0.1) is 6.92 Å². The van der Waals surface area contributed by atoms with Crippen molar-refractivity contribution in [3.05, 3.63) is 65.7 Å². The molecule has 19 heavy (non-hydrogen) atoms. The second kappa shape index (κ2) is 5.87. The van der Waals surface area contributed by atoms with Crippen LogP contribution in [-0.4, -0.2) is 11.1 Å². The van der Waals surface area contributed by atoms with Gasteiger partial charge in [-0.3, -0.25) is 0 Å². The molecule has 0 aromatic heterocycles. The molecule has 3 heteroatoms. The zero-order chi connectivity index (χ0) is 13.7. The number of aliphatic carboxylic acids is 1. The molecule has 2 rings (SSSR count). The second-order valence-electron chi connectivity index (χ2n) is 4.11. The zero-order valence-corrected chi connectivity index (χ0v) is 10.5. The highest BCUT2D eigenvalue weighted by atomic mass is 16.5. The minimum atomic E-state index is -0.955. The van der Waals surface area contributed by atoms with E-state index in [4.69, 9.17) is 9.84 Å². The largest absolute Gasteiger partial charge is 0.478 e. The van der Waals surface area contributed by atoms with Gasteiger partial charge in [0.1, 0.15) is 11.5 Å². The molecule has 0 fully saturated rings. The van der Waals surface area contributed by atoms with Gasteiger partial charge in [-0.2, -0.15) is 0 Å². The maximum Gasteiger partial charge on any atom is 0.328 e. The monoisotopic (exact) mass is 254 g/mol. The number of carboxylic acids is 1. The van der Waals surface area contributed by atoms with E-state index < -0.39 is 5.97 Å². The van der Waals surface area contributed by atoms with Crippen LogP contribution in [0.2, 0.25) is 0 Å². The van der Waals surface area contributed by atoms with E-state index >= 15 is 0 Å². The lowest BCUT2D eigenvalue weighted by Crippen LogP contribution is -1.89. The topological polar surface area (TPSA) is 46.5 Å². The standard InChI is InChI=1S/C16H14O3/c1-12-11-15(19-14-5-3-2-4-6-14)9-7-13(12)8-10-16(17)18/h2-11H,1H3,(H,17,18)/b10-8+. The average Bonchev–Trinajstić information content (AvgIpc) is 2.39. The Morgan fingerprint density at radius 2 is 1.84 bits per heavy atom. The van der Waals surface area contributed by atoms with Crippen molar-refractivity contribution in [1.29, 1.82) is 0 Å². The van der Waals surface area contributed by atoms with Gasteiger partial charge in [-0.15, -0.1) is 0 Å². The summed E-state index contributed by atoms with van der Waals surface area (Å²) >= 11 is 0. The predicted molar refractivity (Wildman–Crippen MR) is 74.4 cm³/mol. The van der Waals surface area contributed by atoms with Gasteiger partial charge >= 0.3 is 5.97 Å². The van der Waals surface area contributed by atoms with Crippen molar-refractivity contribution in [2.24, 2.45) is 0 Å². The van der Waals surface area contributed by atoms with Crippen molar-refractivity contribution in [1.82, 2.24) is 0 Å². The Hall–Kier alpha value is -2.55. The fourth-order valence-electron chi connectivity index (χ4n) is 1.68. The molecular formula is C16H14O3. The smallest absolute Gasteiger partial charge is 0.328 e. The maximum atomic E-state index is 10.5. The Labute approximate surface area is 111 Å². The van der Waals surface area contributed by atoms with Crippen LogP contribution < -0.4 is 4.74 Å². The Morgan fingerprint density at radius 3 is 2.47 bits per heavy atom. The minimum Gasteiger partial charge on any atom is -0.478 e. The molecule has 96 valence electrons. The van der Waals surface area contributed by atoms with Gasteiger partial charge in [0.05, 0.1) is 0 Å². The van der Waals surface area contributed by atoms with E-state index in [0.29, 0.717) is 0 Å². The number of hydrogen-bond acceptors (Lipinski definition) is 2. The minimum absolute atomic E-state index is 0.733. The third-order valence-electron chi connectivity index (χ3n) is 2.63. The van der Waals surface area contributed by atoms with E-state index in [2.05, 4.69) is 0 Å². The van der Waals surface area contributed by atoms with Gasteiger partial charge in [0.2, 0.25) is 0 Å². The zero-order valence-electron chi connectivity index (χ0n) is 10.5. The molecule has 0 saturated carbocycles. The number of rotatable bonds is 4. The number of para-hydroxylation sites is 1. The van der Waals surface area contributed by atoms with Crippen LogP contribution in [0.15, 0.2) is 54.6 Å². The first-order chi connectivity index (χ1) is 9.15. The van der Waals surface area contributed by atoms with Crippen molar-refractivity contribution in [2.45, 2.75) is 6.92 Å². The highest BCUT2D eigenvalue weighted by molar-refractivity contribution is 5.85. The SMILES string of the molecule is Cc1cc(Oc2ccccc2)ccc1/C=C/C(=O)O. The van der Waals surface area contributed by atoms with Crippen molar-refractivity contribution in [3.63, 3.8) is 0 Å². The summed E-state index contributed by atoms with van der Waals surface area (Å²) in [6, 6.07) is 15.1. The van der Waals surface area contributed by atoms with Crippen molar-refractivity contribution in [2.75, 3.05) is 0 Å². The van der Waals surface area contributed by atoms with E-state index in [1.54, 1.807) is 6.08 Å². The van der Waals surface area contributed by atoms with Gasteiger partial charge in [-0.25, -0.2) is 4.79 Å². The Morgan fingerprint density at radius 1 is 1.11 bits per heavy atom. The third-order valence-corrected chi connectivity index (χ3v) is 2.63. The summed E-state index contributed by atoms with van der Waals surface area (Å²) in [5.41, 5.74) is 1.83. The Kier molecular flexibility index (Phi) is 3.98. The predicted octanol–water partition coefficient (Wildman–Crippen LogP) is 3.89. The summed E-state index contributed by atoms with van der Waals surface area (Å²) in [6.07, 6.45) is 2.70. The molecule has 0 aliphatic carbocycles. The van der Waals surface area contributed by atoms with Crippen LogP contribution in [0.5, 0.6) is 11.5 Å². The Bertz CT molecular complexity index is 601. The average molecular weight is 254 g/mol. The first-order valence-corrected chi connectivity index (χ1v) is 5.90. The van der Waals surface area contributed by atoms with Gasteiger partial charge in [0.15, 0.2) is 0 Å². The van der Waals surface area contributed by atoms with Crippen LogP contribution in [0.4, 0.5) is 0 Å². The lowest BCUT2D eigenvalue weighted by molar-refractivity contribution is -0.131. The summed E-state index contributed by atoms with van der Waals surface area (Å²) in [4.78, 5) is 10.5. The lowest BCUT2D eigenvalue weighted by atomic mass is 10.1. The van der Waals surface area contributed by atoms with Gasteiger partial charge in [0.25, 0.3) is 0 Å². The molecule has 0 unspecified atom stereocenters. The van der Waals surface area contributed by atoms with Gasteiger partial charge in [0, 0.05) is 6.08 Å². The van der Waals surface area contributed by atoms with Gasteiger partial charge in [-0.1, -0.05) is 24.3 Å². The second-order valence-corrected chi connectivity index (χ2v) is 4.11. The van der Waals surface area contributed by atoms with Crippen molar-refractivity contribution >= 4 is 12.0 Å². The first kappa shape index (κ1) is 12.9. The van der Waals surface area contributed by atoms with Gasteiger partial charge < -0.3 is 9.84 Å². The number of benzene rings is 2. The number of aryl methyl sites for hydroxylation is 1. The molecule has 2 aromatic rings. The van der Waals surface area contributed by atoms with Crippen LogP contribution in [0.25, 0.3) is 6.08 Å². The molecule has 3 nitrogen and oxygen atoms in total. The third kappa shape index (κ3) is 3.71. The fourth-order valence-corrected chi connectivity index (χ4v) is 1.68. The first-order valence-electron chi connectivity index (χ1n) is 5.90. The highest BCUT2D eigenvalue weighted by Gasteiger charge is 2.00. The summed E-state index contributed by atoms with van der Waals surface area (Å²) in [7, 11) is 0. The molecule has 0 saturated heterocycles. The summed E-state index contributed by atoms with van der Waals surface area (Å²) in [5, 5.41) is 8.60. The number of hydrogen-bond donors (Lipinski definition) is 1. The molecule has 0 atom stereocenters. The normalized spacial score (nSPS) is 10.6. The molecule has 0 amide bonds. The molecule has 0 aliphatic rings.